The Morgan fingerprint density at radius 2 is 1.59 bits per heavy atom. The van der Waals surface area contributed by atoms with Crippen LogP contribution in [0.4, 0.5) is 5.69 Å². The number of furan rings is 1. The van der Waals surface area contributed by atoms with Crippen molar-refractivity contribution in [1.82, 2.24) is 0 Å². The second-order valence-electron chi connectivity index (χ2n) is 6.54. The molecule has 0 radical (unpaired) electrons. The van der Waals surface area contributed by atoms with Crippen molar-refractivity contribution in [3.8, 4) is 5.75 Å². The van der Waals surface area contributed by atoms with E-state index in [1.165, 1.54) is 0 Å². The Labute approximate surface area is 167 Å². The lowest BCUT2D eigenvalue weighted by molar-refractivity contribution is 0.000882. The molecule has 0 spiro atoms. The van der Waals surface area contributed by atoms with Crippen molar-refractivity contribution in [2.45, 2.75) is 12.7 Å². The fourth-order valence-corrected chi connectivity index (χ4v) is 3.05. The van der Waals surface area contributed by atoms with Gasteiger partial charge in [0.1, 0.15) is 30.8 Å². The van der Waals surface area contributed by atoms with Gasteiger partial charge in [-0.05, 0) is 48.5 Å². The average molecular weight is 393 g/mol. The highest BCUT2D eigenvalue weighted by molar-refractivity contribution is 6.34. The van der Waals surface area contributed by atoms with Crippen LogP contribution in [-0.2, 0) is 11.3 Å². The minimum Gasteiger partial charge on any atom is -0.491 e. The first-order chi connectivity index (χ1) is 14.1. The number of amides is 2. The normalized spacial score (nSPS) is 14.2. The number of hydrogen-bond donors (Lipinski definition) is 1. The van der Waals surface area contributed by atoms with Crippen LogP contribution < -0.4 is 9.64 Å². The maximum Gasteiger partial charge on any atom is 0.266 e. The van der Waals surface area contributed by atoms with Crippen LogP contribution in [0.3, 0.4) is 0 Å². The van der Waals surface area contributed by atoms with Gasteiger partial charge in [0.25, 0.3) is 11.8 Å². The molecule has 0 saturated carbocycles. The third-order valence-electron chi connectivity index (χ3n) is 4.47. The minimum absolute atomic E-state index is 0.0461. The predicted octanol–water partition coefficient (Wildman–Crippen LogP) is 3.04. The molecule has 0 fully saturated rings. The lowest BCUT2D eigenvalue weighted by Crippen LogP contribution is -2.29. The summed E-state index contributed by atoms with van der Waals surface area (Å²) in [6.07, 6.45) is 0.755. The number of carbonyl (C=O) groups is 2. The largest absolute Gasteiger partial charge is 0.491 e. The molecule has 1 atom stereocenters. The van der Waals surface area contributed by atoms with E-state index in [-0.39, 0.29) is 31.6 Å². The van der Waals surface area contributed by atoms with Crippen molar-refractivity contribution in [2.24, 2.45) is 0 Å². The molecule has 1 aliphatic rings. The van der Waals surface area contributed by atoms with Crippen LogP contribution >= 0.6 is 0 Å². The third kappa shape index (κ3) is 4.06. The number of fused-ring (bicyclic) bond motifs is 1. The molecule has 1 aromatic heterocycles. The molecule has 148 valence electrons. The summed E-state index contributed by atoms with van der Waals surface area (Å²) in [6.45, 7) is 0.428. The second kappa shape index (κ2) is 8.30. The molecule has 4 rings (SSSR count). The van der Waals surface area contributed by atoms with E-state index in [9.17, 15) is 14.7 Å². The number of ether oxygens (including phenoxy) is 2. The van der Waals surface area contributed by atoms with Gasteiger partial charge in [-0.2, -0.15) is 0 Å². The van der Waals surface area contributed by atoms with Crippen molar-refractivity contribution in [3.05, 3.63) is 83.8 Å². The van der Waals surface area contributed by atoms with Crippen molar-refractivity contribution >= 4 is 17.5 Å². The fraction of sp³-hybridized carbons (Fsp3) is 0.182. The van der Waals surface area contributed by atoms with Gasteiger partial charge < -0.3 is 19.0 Å². The lowest BCUT2D eigenvalue weighted by atomic mass is 10.1. The van der Waals surface area contributed by atoms with E-state index in [0.29, 0.717) is 28.3 Å². The van der Waals surface area contributed by atoms with Crippen LogP contribution in [0.5, 0.6) is 5.75 Å². The van der Waals surface area contributed by atoms with Crippen LogP contribution in [0, 0.1) is 0 Å². The average Bonchev–Trinajstić information content (AvgIpc) is 3.34. The van der Waals surface area contributed by atoms with E-state index in [1.807, 2.05) is 0 Å². The van der Waals surface area contributed by atoms with E-state index in [4.69, 9.17) is 13.9 Å². The molecule has 1 unspecified atom stereocenters. The molecular weight excluding hydrogens is 374 g/mol. The molecule has 0 bridgehead atoms. The second-order valence-corrected chi connectivity index (χ2v) is 6.54. The summed E-state index contributed by atoms with van der Waals surface area (Å²) in [7, 11) is 0. The molecule has 1 N–H and O–H groups in total. The number of rotatable bonds is 8. The number of imide groups is 1. The lowest BCUT2D eigenvalue weighted by Gasteiger charge is -2.15. The summed E-state index contributed by atoms with van der Waals surface area (Å²) < 4.78 is 16.1. The molecule has 0 saturated heterocycles. The summed E-state index contributed by atoms with van der Waals surface area (Å²) in [4.78, 5) is 26.2. The van der Waals surface area contributed by atoms with Gasteiger partial charge in [0.15, 0.2) is 0 Å². The fourth-order valence-electron chi connectivity index (χ4n) is 3.05. The number of aliphatic hydroxyl groups is 1. The van der Waals surface area contributed by atoms with Gasteiger partial charge in [-0.1, -0.05) is 12.1 Å². The first kappa shape index (κ1) is 18.9. The standard InChI is InChI=1S/C22H19NO6/c24-16(12-27-14-18-4-3-11-28-18)13-29-17-9-7-15(8-10-17)23-21(25)19-5-1-2-6-20(19)22(23)26/h1-11,16,24H,12-14H2. The van der Waals surface area contributed by atoms with Crippen LogP contribution in [0.2, 0.25) is 0 Å². The summed E-state index contributed by atoms with van der Waals surface area (Å²) in [6, 6.07) is 16.9. The Balaban J connectivity index is 1.30. The van der Waals surface area contributed by atoms with Gasteiger partial charge in [-0.25, -0.2) is 4.90 Å². The monoisotopic (exact) mass is 393 g/mol. The molecule has 0 aliphatic carbocycles. The number of anilines is 1. The molecule has 2 amide bonds. The van der Waals surface area contributed by atoms with E-state index in [0.717, 1.165) is 4.90 Å². The Morgan fingerprint density at radius 1 is 0.897 bits per heavy atom. The van der Waals surface area contributed by atoms with Gasteiger partial charge in [-0.3, -0.25) is 9.59 Å². The van der Waals surface area contributed by atoms with Gasteiger partial charge in [0.05, 0.1) is 29.7 Å². The van der Waals surface area contributed by atoms with Gasteiger partial charge in [0, 0.05) is 0 Å². The first-order valence-electron chi connectivity index (χ1n) is 9.12. The molecule has 2 aromatic carbocycles. The topological polar surface area (TPSA) is 89.2 Å². The van der Waals surface area contributed by atoms with Crippen LogP contribution in [0.25, 0.3) is 0 Å². The molecule has 2 heterocycles. The third-order valence-corrected chi connectivity index (χ3v) is 4.47. The molecule has 3 aromatic rings. The zero-order chi connectivity index (χ0) is 20.2. The Hall–Kier alpha value is -3.42. The molecular formula is C22H19NO6. The highest BCUT2D eigenvalue weighted by atomic mass is 16.5. The van der Waals surface area contributed by atoms with Crippen molar-refractivity contribution < 1.29 is 28.6 Å². The zero-order valence-electron chi connectivity index (χ0n) is 15.5. The Bertz CT molecular complexity index is 961. The van der Waals surface area contributed by atoms with Crippen molar-refractivity contribution in [1.29, 1.82) is 0 Å². The number of nitrogens with zero attached hydrogens (tertiary/aromatic N) is 1. The van der Waals surface area contributed by atoms with Crippen LogP contribution in [0.15, 0.2) is 71.3 Å². The summed E-state index contributed by atoms with van der Waals surface area (Å²) >= 11 is 0. The van der Waals surface area contributed by atoms with Gasteiger partial charge >= 0.3 is 0 Å². The maximum absolute atomic E-state index is 12.5. The summed E-state index contributed by atoms with van der Waals surface area (Å²) in [5, 5.41) is 9.96. The molecule has 7 nitrogen and oxygen atoms in total. The number of benzene rings is 2. The molecule has 1 aliphatic heterocycles. The Morgan fingerprint density at radius 3 is 2.21 bits per heavy atom. The van der Waals surface area contributed by atoms with Crippen LogP contribution in [-0.4, -0.2) is 36.2 Å². The highest BCUT2D eigenvalue weighted by Crippen LogP contribution is 2.29. The van der Waals surface area contributed by atoms with E-state index >= 15 is 0 Å². The number of aliphatic hydroxyl groups excluding tert-OH is 1. The summed E-state index contributed by atoms with van der Waals surface area (Å²) in [5.41, 5.74) is 1.26. The van der Waals surface area contributed by atoms with Crippen molar-refractivity contribution in [2.75, 3.05) is 18.1 Å². The molecule has 7 heteroatoms. The minimum atomic E-state index is -0.805. The van der Waals surface area contributed by atoms with E-state index in [2.05, 4.69) is 0 Å². The van der Waals surface area contributed by atoms with E-state index in [1.54, 1.807) is 66.9 Å². The maximum atomic E-state index is 12.5. The van der Waals surface area contributed by atoms with Crippen molar-refractivity contribution in [3.63, 3.8) is 0 Å². The summed E-state index contributed by atoms with van der Waals surface area (Å²) in [5.74, 6) is 0.504. The number of carbonyl (C=O) groups excluding carboxylic acids is 2. The van der Waals surface area contributed by atoms with E-state index < -0.39 is 6.10 Å². The van der Waals surface area contributed by atoms with Gasteiger partial charge in [-0.15, -0.1) is 0 Å². The van der Waals surface area contributed by atoms with Gasteiger partial charge in [0.2, 0.25) is 0 Å². The molecule has 29 heavy (non-hydrogen) atoms. The highest BCUT2D eigenvalue weighted by Gasteiger charge is 2.36. The SMILES string of the molecule is O=C1c2ccccc2C(=O)N1c1ccc(OCC(O)COCc2ccco2)cc1. The number of hydrogen-bond acceptors (Lipinski definition) is 6. The quantitative estimate of drug-likeness (QED) is 0.592. The zero-order valence-corrected chi connectivity index (χ0v) is 15.5. The predicted molar refractivity (Wildman–Crippen MR) is 104 cm³/mol. The van der Waals surface area contributed by atoms with Crippen LogP contribution in [0.1, 0.15) is 26.5 Å². The smallest absolute Gasteiger partial charge is 0.266 e. The Kier molecular flexibility index (Phi) is 5.41. The first-order valence-corrected chi connectivity index (χ1v) is 9.12.